The van der Waals surface area contributed by atoms with Crippen molar-refractivity contribution in [2.24, 2.45) is 9.50 Å². The van der Waals surface area contributed by atoms with Crippen LogP contribution in [-0.2, 0) is 40.2 Å². The minimum Gasteiger partial charge on any atom is -0.383 e. The number of urea groups is 1. The lowest BCUT2D eigenvalue weighted by molar-refractivity contribution is 0.0783. The number of nitrogens with zero attached hydrogens (tertiary/aromatic N) is 3. The van der Waals surface area contributed by atoms with E-state index in [1.54, 1.807) is 13.8 Å². The van der Waals surface area contributed by atoms with E-state index >= 15 is 0 Å². The molecule has 2 aromatic heterocycles. The smallest absolute Gasteiger partial charge is 0.354 e. The molecule has 2 amide bonds. The van der Waals surface area contributed by atoms with Crippen LogP contribution in [-0.4, -0.2) is 25.3 Å². The third-order valence-corrected chi connectivity index (χ3v) is 8.90. The molecule has 2 aromatic rings. The predicted molar refractivity (Wildman–Crippen MR) is 117 cm³/mol. The number of fused-ring (bicyclic) bond motifs is 2. The second-order valence-electron chi connectivity index (χ2n) is 9.11. The summed E-state index contributed by atoms with van der Waals surface area (Å²) in [6, 6.07) is -0.743. The molecule has 30 heavy (non-hydrogen) atoms. The normalized spacial score (nSPS) is 19.1. The molecule has 4 rings (SSSR count). The number of hydrogen-bond donors (Lipinski definition) is 3. The first-order valence-corrected chi connectivity index (χ1v) is 12.4. The van der Waals surface area contributed by atoms with Gasteiger partial charge in [-0.15, -0.1) is 15.7 Å². The number of pyridine rings is 1. The molecule has 1 atom stereocenters. The standard InChI is InChI=1S/C20H27N5O3S2/c1-19(2)9-8-12-15(11-6-5-7-13(11)23-16(12)19)24-18(26)25-30(21,28)14-10-22-17(29-14)20(3,4)27/h10,27H,5-9H2,1-4H3,(H3,21,23,24,25,26,28)/t30-/m0/s1. The molecule has 0 spiro atoms. The molecular formula is C20H27N5O3S2. The third-order valence-electron chi connectivity index (χ3n) is 5.71. The molecule has 0 aromatic carbocycles. The summed E-state index contributed by atoms with van der Waals surface area (Å²) in [4.78, 5) is 21.7. The Morgan fingerprint density at radius 3 is 2.73 bits per heavy atom. The van der Waals surface area contributed by atoms with Crippen molar-refractivity contribution in [3.05, 3.63) is 33.7 Å². The predicted octanol–water partition coefficient (Wildman–Crippen LogP) is 3.41. The highest BCUT2D eigenvalue weighted by atomic mass is 32.2. The van der Waals surface area contributed by atoms with Gasteiger partial charge in [0.15, 0.2) is 9.92 Å². The second-order valence-corrected chi connectivity index (χ2v) is 12.2. The van der Waals surface area contributed by atoms with Gasteiger partial charge in [0.05, 0.1) is 17.6 Å². The number of aromatic nitrogens is 2. The van der Waals surface area contributed by atoms with Gasteiger partial charge in [0, 0.05) is 11.1 Å². The fourth-order valence-electron chi connectivity index (χ4n) is 4.11. The van der Waals surface area contributed by atoms with Crippen molar-refractivity contribution in [1.82, 2.24) is 9.97 Å². The highest BCUT2D eigenvalue weighted by Crippen LogP contribution is 2.44. The van der Waals surface area contributed by atoms with Crippen molar-refractivity contribution in [3.63, 3.8) is 0 Å². The van der Waals surface area contributed by atoms with Crippen molar-refractivity contribution >= 4 is 33.0 Å². The quantitative estimate of drug-likeness (QED) is 0.661. The summed E-state index contributed by atoms with van der Waals surface area (Å²) in [6.07, 6.45) is 5.86. The van der Waals surface area contributed by atoms with E-state index in [-0.39, 0.29) is 9.62 Å². The number of nitrogens with one attached hydrogen (secondary N) is 1. The molecule has 8 nitrogen and oxygen atoms in total. The molecular weight excluding hydrogens is 422 g/mol. The molecule has 0 radical (unpaired) electrons. The van der Waals surface area contributed by atoms with Gasteiger partial charge in [0.2, 0.25) is 0 Å². The zero-order chi connectivity index (χ0) is 21.9. The van der Waals surface area contributed by atoms with Crippen LogP contribution in [0, 0.1) is 0 Å². The lowest BCUT2D eigenvalue weighted by Gasteiger charge is -2.20. The minimum absolute atomic E-state index is 0.0406. The Hall–Kier alpha value is -1.88. The average Bonchev–Trinajstić information content (AvgIpc) is 3.33. The van der Waals surface area contributed by atoms with Crippen LogP contribution in [0.3, 0.4) is 0 Å². The summed E-state index contributed by atoms with van der Waals surface area (Å²) in [5, 5.41) is 19.2. The summed E-state index contributed by atoms with van der Waals surface area (Å²) in [6.45, 7) is 7.48. The van der Waals surface area contributed by atoms with Crippen LogP contribution in [0.4, 0.5) is 10.5 Å². The Labute approximate surface area is 180 Å². The molecule has 0 fully saturated rings. The summed E-state index contributed by atoms with van der Waals surface area (Å²) in [5.74, 6) is 0. The van der Waals surface area contributed by atoms with Crippen LogP contribution in [0.1, 0.15) is 68.1 Å². The van der Waals surface area contributed by atoms with Gasteiger partial charge in [-0.05, 0) is 57.1 Å². The van der Waals surface area contributed by atoms with Crippen molar-refractivity contribution < 1.29 is 14.1 Å². The summed E-state index contributed by atoms with van der Waals surface area (Å²) in [5.41, 5.74) is 3.71. The van der Waals surface area contributed by atoms with E-state index in [1.807, 2.05) is 0 Å². The molecule has 4 N–H and O–H groups in total. The average molecular weight is 450 g/mol. The van der Waals surface area contributed by atoms with E-state index in [2.05, 4.69) is 28.5 Å². The van der Waals surface area contributed by atoms with E-state index < -0.39 is 21.5 Å². The molecule has 2 heterocycles. The number of carbonyl (C=O) groups is 1. The van der Waals surface area contributed by atoms with Gasteiger partial charge in [-0.3, -0.25) is 4.98 Å². The summed E-state index contributed by atoms with van der Waals surface area (Å²) >= 11 is 0.990. The Bertz CT molecular complexity index is 1150. The lowest BCUT2D eigenvalue weighted by Crippen LogP contribution is -2.19. The van der Waals surface area contributed by atoms with E-state index in [9.17, 15) is 14.1 Å². The molecule has 162 valence electrons. The molecule has 0 aliphatic heterocycles. The fraction of sp³-hybridized carbons (Fsp3) is 0.550. The summed E-state index contributed by atoms with van der Waals surface area (Å²) in [7, 11) is -3.48. The van der Waals surface area contributed by atoms with Gasteiger partial charge >= 0.3 is 6.03 Å². The van der Waals surface area contributed by atoms with E-state index in [1.165, 1.54) is 6.20 Å². The molecule has 2 aliphatic carbocycles. The monoisotopic (exact) mass is 449 g/mol. The third kappa shape index (κ3) is 3.77. The van der Waals surface area contributed by atoms with E-state index in [0.29, 0.717) is 5.01 Å². The van der Waals surface area contributed by atoms with Crippen molar-refractivity contribution in [1.29, 1.82) is 0 Å². The maximum Gasteiger partial charge on any atom is 0.354 e. The SMILES string of the molecule is CC(C)(O)c1ncc([S@@](N)(=O)=NC(=O)Nc2c3c(nc4c2CCC4(C)C)CCC3)s1. The Morgan fingerprint density at radius 2 is 2.07 bits per heavy atom. The molecule has 0 bridgehead atoms. The van der Waals surface area contributed by atoms with Gasteiger partial charge in [0.25, 0.3) is 0 Å². The van der Waals surface area contributed by atoms with Crippen LogP contribution >= 0.6 is 11.3 Å². The topological polar surface area (TPSA) is 131 Å². The number of rotatable bonds is 3. The lowest BCUT2D eigenvalue weighted by atomic mass is 9.90. The summed E-state index contributed by atoms with van der Waals surface area (Å²) < 4.78 is 16.9. The Balaban J connectivity index is 1.68. The largest absolute Gasteiger partial charge is 0.383 e. The number of carbonyl (C=O) groups excluding carboxylic acids is 1. The van der Waals surface area contributed by atoms with Crippen molar-refractivity contribution in [3.8, 4) is 0 Å². The zero-order valence-corrected chi connectivity index (χ0v) is 19.2. The van der Waals surface area contributed by atoms with E-state index in [0.717, 1.165) is 71.6 Å². The zero-order valence-electron chi connectivity index (χ0n) is 17.6. The maximum atomic E-state index is 12.9. The molecule has 0 saturated carbocycles. The molecule has 2 aliphatic rings. The molecule has 0 unspecified atom stereocenters. The first-order valence-electron chi connectivity index (χ1n) is 9.98. The molecule has 0 saturated heterocycles. The number of hydrogen-bond acceptors (Lipinski definition) is 6. The van der Waals surface area contributed by atoms with Gasteiger partial charge in [-0.1, -0.05) is 13.8 Å². The highest BCUT2D eigenvalue weighted by molar-refractivity contribution is 7.93. The number of thiazole rings is 1. The number of nitrogens with two attached hydrogens (primary N) is 1. The second kappa shape index (κ2) is 7.08. The maximum absolute atomic E-state index is 12.9. The highest BCUT2D eigenvalue weighted by Gasteiger charge is 2.36. The van der Waals surface area contributed by atoms with Crippen LogP contribution in [0.5, 0.6) is 0 Å². The van der Waals surface area contributed by atoms with Crippen molar-refractivity contribution in [2.45, 2.75) is 75.0 Å². The van der Waals surface area contributed by atoms with Crippen LogP contribution in [0.25, 0.3) is 0 Å². The first-order chi connectivity index (χ1) is 13.9. The van der Waals surface area contributed by atoms with Gasteiger partial charge in [-0.25, -0.2) is 19.1 Å². The number of aryl methyl sites for hydroxylation is 1. The van der Waals surface area contributed by atoms with Crippen LogP contribution < -0.4 is 10.5 Å². The van der Waals surface area contributed by atoms with Crippen molar-refractivity contribution in [2.75, 3.05) is 5.32 Å². The number of amides is 2. The first kappa shape index (κ1) is 21.4. The van der Waals surface area contributed by atoms with Gasteiger partial charge < -0.3 is 10.4 Å². The number of anilines is 1. The Kier molecular flexibility index (Phi) is 5.04. The van der Waals surface area contributed by atoms with Gasteiger partial charge in [0.1, 0.15) is 14.8 Å². The van der Waals surface area contributed by atoms with Crippen LogP contribution in [0.15, 0.2) is 14.8 Å². The van der Waals surface area contributed by atoms with Gasteiger partial charge in [-0.2, -0.15) is 0 Å². The fourth-order valence-corrected chi connectivity index (χ4v) is 6.17. The van der Waals surface area contributed by atoms with Crippen LogP contribution in [0.2, 0.25) is 0 Å². The van der Waals surface area contributed by atoms with E-state index in [4.69, 9.17) is 10.1 Å². The number of aliphatic hydroxyl groups is 1. The Morgan fingerprint density at radius 1 is 1.33 bits per heavy atom. The minimum atomic E-state index is -3.48. The molecule has 10 heteroatoms.